The fourth-order valence-corrected chi connectivity index (χ4v) is 3.47. The minimum absolute atomic E-state index is 0.0614. The number of benzene rings is 1. The highest BCUT2D eigenvalue weighted by Gasteiger charge is 2.19. The first kappa shape index (κ1) is 17.3. The molecule has 0 atom stereocenters. The van der Waals surface area contributed by atoms with Gasteiger partial charge in [-0.15, -0.1) is 6.42 Å². The Hall–Kier alpha value is -2.48. The van der Waals surface area contributed by atoms with Gasteiger partial charge in [-0.1, -0.05) is 29.1 Å². The van der Waals surface area contributed by atoms with Gasteiger partial charge in [0.25, 0.3) is 0 Å². The average Bonchev–Trinajstić information content (AvgIpc) is 2.88. The van der Waals surface area contributed by atoms with Crippen molar-refractivity contribution in [1.82, 2.24) is 9.55 Å². The van der Waals surface area contributed by atoms with Crippen molar-refractivity contribution in [3.05, 3.63) is 62.5 Å². The SMILES string of the molecule is C#Cc1cc(C)c2cc(Cc3c(Cl)cnc(C(=O)O)c3Cl)n(C)c2c1. The number of pyridine rings is 1. The number of carboxylic acids is 1. The Labute approximate surface area is 155 Å². The lowest BCUT2D eigenvalue weighted by molar-refractivity contribution is 0.0690. The summed E-state index contributed by atoms with van der Waals surface area (Å²) < 4.78 is 2.01. The van der Waals surface area contributed by atoms with Gasteiger partial charge in [0.15, 0.2) is 5.69 Å². The molecule has 0 spiro atoms. The molecule has 3 rings (SSSR count). The van der Waals surface area contributed by atoms with Crippen molar-refractivity contribution in [1.29, 1.82) is 0 Å². The number of carboxylic acid groups (broad SMARTS) is 1. The number of fused-ring (bicyclic) bond motifs is 1. The van der Waals surface area contributed by atoms with Crippen molar-refractivity contribution in [3.63, 3.8) is 0 Å². The number of hydrogen-bond acceptors (Lipinski definition) is 2. The number of aryl methyl sites for hydroxylation is 2. The minimum Gasteiger partial charge on any atom is -0.476 e. The van der Waals surface area contributed by atoms with E-state index < -0.39 is 5.97 Å². The fourth-order valence-electron chi connectivity index (χ4n) is 2.91. The van der Waals surface area contributed by atoms with Crippen LogP contribution in [0.3, 0.4) is 0 Å². The average molecular weight is 373 g/mol. The predicted octanol–water partition coefficient (Wildman–Crippen LogP) is 4.46. The van der Waals surface area contributed by atoms with Crippen molar-refractivity contribution in [2.45, 2.75) is 13.3 Å². The topological polar surface area (TPSA) is 55.1 Å². The van der Waals surface area contributed by atoms with E-state index in [1.54, 1.807) is 0 Å². The largest absolute Gasteiger partial charge is 0.476 e. The van der Waals surface area contributed by atoms with Crippen molar-refractivity contribution in [2.24, 2.45) is 7.05 Å². The van der Waals surface area contributed by atoms with Gasteiger partial charge in [-0.2, -0.15) is 0 Å². The second-order valence-electron chi connectivity index (χ2n) is 5.79. The first-order chi connectivity index (χ1) is 11.8. The van der Waals surface area contributed by atoms with E-state index in [9.17, 15) is 9.90 Å². The molecule has 3 aromatic rings. The highest BCUT2D eigenvalue weighted by atomic mass is 35.5. The van der Waals surface area contributed by atoms with Gasteiger partial charge in [0.2, 0.25) is 0 Å². The molecule has 2 aromatic heterocycles. The van der Waals surface area contributed by atoms with Gasteiger partial charge in [0.05, 0.1) is 10.0 Å². The van der Waals surface area contributed by atoms with Gasteiger partial charge in [0.1, 0.15) is 0 Å². The molecule has 0 fully saturated rings. The normalized spacial score (nSPS) is 10.8. The summed E-state index contributed by atoms with van der Waals surface area (Å²) in [6.07, 6.45) is 7.22. The van der Waals surface area contributed by atoms with Gasteiger partial charge in [0, 0.05) is 41.8 Å². The van der Waals surface area contributed by atoms with Crippen LogP contribution < -0.4 is 0 Å². The van der Waals surface area contributed by atoms with E-state index in [4.69, 9.17) is 29.6 Å². The molecule has 0 radical (unpaired) electrons. The minimum atomic E-state index is -1.19. The van der Waals surface area contributed by atoms with Crippen LogP contribution in [0, 0.1) is 19.3 Å². The summed E-state index contributed by atoms with van der Waals surface area (Å²) in [6, 6.07) is 5.95. The molecular weight excluding hydrogens is 359 g/mol. The molecule has 2 heterocycles. The fraction of sp³-hybridized carbons (Fsp3) is 0.158. The van der Waals surface area contributed by atoms with Crippen molar-refractivity contribution in [2.75, 3.05) is 0 Å². The maximum absolute atomic E-state index is 11.2. The number of terminal acetylenes is 1. The highest BCUT2D eigenvalue weighted by molar-refractivity contribution is 6.37. The standard InChI is InChI=1S/C19H14Cl2N2O2/c1-4-11-5-10(2)13-7-12(23(3)16(13)6-11)8-14-15(20)9-22-18(17(14)21)19(24)25/h1,5-7,9H,8H2,2-3H3,(H,24,25). The summed E-state index contributed by atoms with van der Waals surface area (Å²) in [7, 11) is 1.93. The number of aromatic nitrogens is 2. The Morgan fingerprint density at radius 3 is 2.72 bits per heavy atom. The molecular formula is C19H14Cl2N2O2. The quantitative estimate of drug-likeness (QED) is 0.690. The van der Waals surface area contributed by atoms with Crippen LogP contribution in [0.1, 0.15) is 32.9 Å². The number of nitrogens with zero attached hydrogens (tertiary/aromatic N) is 2. The number of aromatic carboxylic acids is 1. The summed E-state index contributed by atoms with van der Waals surface area (Å²) >= 11 is 12.4. The molecule has 0 aliphatic heterocycles. The molecule has 1 N–H and O–H groups in total. The lowest BCUT2D eigenvalue weighted by Crippen LogP contribution is -2.06. The van der Waals surface area contributed by atoms with E-state index in [0.29, 0.717) is 17.0 Å². The predicted molar refractivity (Wildman–Crippen MR) is 99.6 cm³/mol. The first-order valence-electron chi connectivity index (χ1n) is 7.45. The van der Waals surface area contributed by atoms with Gasteiger partial charge in [-0.25, -0.2) is 9.78 Å². The zero-order valence-corrected chi connectivity index (χ0v) is 15.1. The van der Waals surface area contributed by atoms with Crippen molar-refractivity contribution in [3.8, 4) is 12.3 Å². The molecule has 25 heavy (non-hydrogen) atoms. The van der Waals surface area contributed by atoms with Crippen LogP contribution in [0.2, 0.25) is 10.0 Å². The monoisotopic (exact) mass is 372 g/mol. The molecule has 6 heteroatoms. The molecule has 0 aliphatic carbocycles. The summed E-state index contributed by atoms with van der Waals surface area (Å²) in [5.74, 6) is 1.47. The van der Waals surface area contributed by atoms with Crippen LogP contribution in [0.5, 0.6) is 0 Å². The van der Waals surface area contributed by atoms with E-state index in [1.807, 2.05) is 36.7 Å². The van der Waals surface area contributed by atoms with Gasteiger partial charge in [-0.05, 0) is 36.2 Å². The van der Waals surface area contributed by atoms with Crippen molar-refractivity contribution < 1.29 is 9.90 Å². The summed E-state index contributed by atoms with van der Waals surface area (Å²) in [5, 5.41) is 10.7. The molecule has 0 bridgehead atoms. The van der Waals surface area contributed by atoms with Gasteiger partial charge >= 0.3 is 5.97 Å². The molecule has 1 aromatic carbocycles. The molecule has 4 nitrogen and oxygen atoms in total. The Balaban J connectivity index is 2.15. The molecule has 0 unspecified atom stereocenters. The summed E-state index contributed by atoms with van der Waals surface area (Å²) in [6.45, 7) is 2.00. The van der Waals surface area contributed by atoms with Crippen LogP contribution in [0.4, 0.5) is 0 Å². The Morgan fingerprint density at radius 1 is 1.36 bits per heavy atom. The Bertz CT molecular complexity index is 1060. The third-order valence-electron chi connectivity index (χ3n) is 4.26. The third-order valence-corrected chi connectivity index (χ3v) is 5.00. The lowest BCUT2D eigenvalue weighted by Gasteiger charge is -2.10. The highest BCUT2D eigenvalue weighted by Crippen LogP contribution is 2.31. The Kier molecular flexibility index (Phi) is 4.47. The van der Waals surface area contributed by atoms with Gasteiger partial charge < -0.3 is 9.67 Å². The van der Waals surface area contributed by atoms with E-state index >= 15 is 0 Å². The zero-order chi connectivity index (χ0) is 18.3. The van der Waals surface area contributed by atoms with Crippen molar-refractivity contribution >= 4 is 40.1 Å². The Morgan fingerprint density at radius 2 is 2.08 bits per heavy atom. The number of hydrogen-bond donors (Lipinski definition) is 1. The van der Waals surface area contributed by atoms with Crippen LogP contribution in [0.15, 0.2) is 24.4 Å². The molecule has 0 aliphatic rings. The number of carbonyl (C=O) groups is 1. The third kappa shape index (κ3) is 2.97. The number of halogens is 2. The second kappa shape index (κ2) is 6.44. The number of rotatable bonds is 3. The molecule has 126 valence electrons. The summed E-state index contributed by atoms with van der Waals surface area (Å²) in [4.78, 5) is 15.0. The molecule has 0 saturated carbocycles. The zero-order valence-electron chi connectivity index (χ0n) is 13.6. The maximum atomic E-state index is 11.2. The maximum Gasteiger partial charge on any atom is 0.356 e. The van der Waals surface area contributed by atoms with E-state index in [0.717, 1.165) is 27.7 Å². The molecule has 0 amide bonds. The van der Waals surface area contributed by atoms with Crippen LogP contribution in [-0.2, 0) is 13.5 Å². The van der Waals surface area contributed by atoms with E-state index in [2.05, 4.69) is 10.9 Å². The van der Waals surface area contributed by atoms with E-state index in [1.165, 1.54) is 6.20 Å². The lowest BCUT2D eigenvalue weighted by atomic mass is 10.1. The second-order valence-corrected chi connectivity index (χ2v) is 6.58. The van der Waals surface area contributed by atoms with Gasteiger partial charge in [-0.3, -0.25) is 0 Å². The van der Waals surface area contributed by atoms with Crippen LogP contribution >= 0.6 is 23.2 Å². The molecule has 0 saturated heterocycles. The summed E-state index contributed by atoms with van der Waals surface area (Å²) in [5.41, 5.74) is 4.17. The van der Waals surface area contributed by atoms with Crippen LogP contribution in [-0.4, -0.2) is 20.6 Å². The van der Waals surface area contributed by atoms with Crippen LogP contribution in [0.25, 0.3) is 10.9 Å². The van der Waals surface area contributed by atoms with E-state index in [-0.39, 0.29) is 10.7 Å². The smallest absolute Gasteiger partial charge is 0.356 e. The first-order valence-corrected chi connectivity index (χ1v) is 8.20.